The molecule has 56 heavy (non-hydrogen) atoms. The molecule has 14 nitrogen and oxygen atoms in total. The lowest BCUT2D eigenvalue weighted by molar-refractivity contribution is -0.384. The summed E-state index contributed by atoms with van der Waals surface area (Å²) in [4.78, 5) is 24.4. The SMILES string of the molecule is CC(C)(O)CNc1ccc(C2=CCN(C3CC3)CC2)cc1[N+](=O)[O-].CC(C)(O)CNc1ccc(C2=CCNCC2)cc1[N+](=O)[O-].CCOC1(O[Si](C)(C)C)CC1. The number of aliphatic hydroxyl groups is 2. The van der Waals surface area contributed by atoms with Gasteiger partial charge in [0.15, 0.2) is 14.1 Å². The molecular formula is C41H64N6O8Si. The van der Waals surface area contributed by atoms with Gasteiger partial charge in [-0.3, -0.25) is 25.1 Å². The molecule has 6 rings (SSSR count). The van der Waals surface area contributed by atoms with E-state index in [1.807, 2.05) is 19.1 Å². The Morgan fingerprint density at radius 2 is 1.39 bits per heavy atom. The van der Waals surface area contributed by atoms with E-state index in [0.717, 1.165) is 81.2 Å². The Morgan fingerprint density at radius 1 is 0.875 bits per heavy atom. The van der Waals surface area contributed by atoms with Gasteiger partial charge in [-0.2, -0.15) is 0 Å². The zero-order chi connectivity index (χ0) is 41.3. The lowest BCUT2D eigenvalue weighted by Crippen LogP contribution is -2.34. The Kier molecular flexibility index (Phi) is 15.4. The minimum absolute atomic E-state index is 0.0381. The molecule has 0 saturated heterocycles. The number of nitrogens with zero attached hydrogens (tertiary/aromatic N) is 3. The van der Waals surface area contributed by atoms with Gasteiger partial charge in [0.25, 0.3) is 11.4 Å². The van der Waals surface area contributed by atoms with Crippen LogP contribution in [-0.4, -0.2) is 102 Å². The molecule has 0 unspecified atom stereocenters. The molecule has 2 aliphatic heterocycles. The van der Waals surface area contributed by atoms with Crippen molar-refractivity contribution >= 4 is 42.2 Å². The maximum atomic E-state index is 11.4. The smallest absolute Gasteiger partial charge is 0.292 e. The molecule has 2 aromatic rings. The van der Waals surface area contributed by atoms with Crippen LogP contribution in [0, 0.1) is 20.2 Å². The molecule has 5 N–H and O–H groups in total. The van der Waals surface area contributed by atoms with E-state index in [0.29, 0.717) is 11.4 Å². The molecule has 0 radical (unpaired) electrons. The number of hydrogen-bond acceptors (Lipinski definition) is 12. The minimum atomic E-state index is -1.39. The molecule has 2 heterocycles. The molecule has 0 spiro atoms. The van der Waals surface area contributed by atoms with Crippen LogP contribution in [0.4, 0.5) is 22.7 Å². The number of benzene rings is 2. The van der Waals surface area contributed by atoms with Gasteiger partial charge in [0.2, 0.25) is 0 Å². The van der Waals surface area contributed by atoms with E-state index < -0.39 is 24.4 Å². The molecule has 2 fully saturated rings. The van der Waals surface area contributed by atoms with Crippen LogP contribution in [0.3, 0.4) is 0 Å². The second kappa shape index (κ2) is 19.2. The van der Waals surface area contributed by atoms with E-state index in [9.17, 15) is 30.4 Å². The normalized spacial score (nSPS) is 18.2. The Labute approximate surface area is 333 Å². The quantitative estimate of drug-likeness (QED) is 0.0517. The van der Waals surface area contributed by atoms with Gasteiger partial charge in [-0.05, 0) is 121 Å². The highest BCUT2D eigenvalue weighted by Crippen LogP contribution is 2.42. The van der Waals surface area contributed by atoms with Gasteiger partial charge in [-0.25, -0.2) is 0 Å². The maximum Gasteiger partial charge on any atom is 0.292 e. The topological polar surface area (TPSA) is 185 Å². The summed E-state index contributed by atoms with van der Waals surface area (Å²) in [7, 11) is -1.39. The predicted molar refractivity (Wildman–Crippen MR) is 226 cm³/mol. The molecule has 0 aromatic heterocycles. The first-order chi connectivity index (χ1) is 26.2. The van der Waals surface area contributed by atoms with Crippen LogP contribution < -0.4 is 16.0 Å². The van der Waals surface area contributed by atoms with Crippen molar-refractivity contribution in [2.24, 2.45) is 0 Å². The second-order valence-corrected chi connectivity index (χ2v) is 21.7. The highest BCUT2D eigenvalue weighted by atomic mass is 28.4. The number of anilines is 2. The fourth-order valence-electron chi connectivity index (χ4n) is 6.49. The third-order valence-electron chi connectivity index (χ3n) is 9.48. The average molecular weight is 797 g/mol. The lowest BCUT2D eigenvalue weighted by atomic mass is 9.98. The summed E-state index contributed by atoms with van der Waals surface area (Å²) in [6, 6.07) is 11.3. The van der Waals surface area contributed by atoms with E-state index in [-0.39, 0.29) is 35.2 Å². The third kappa shape index (κ3) is 15.0. The van der Waals surface area contributed by atoms with Gasteiger partial charge in [0.05, 0.1) is 21.0 Å². The zero-order valence-corrected chi connectivity index (χ0v) is 35.6. The third-order valence-corrected chi connectivity index (χ3v) is 10.5. The van der Waals surface area contributed by atoms with Gasteiger partial charge in [0, 0.05) is 70.3 Å². The van der Waals surface area contributed by atoms with Crippen molar-refractivity contribution in [1.29, 1.82) is 0 Å². The van der Waals surface area contributed by atoms with Crippen LogP contribution in [0.2, 0.25) is 19.6 Å². The van der Waals surface area contributed by atoms with Crippen LogP contribution in [0.5, 0.6) is 0 Å². The van der Waals surface area contributed by atoms with Crippen molar-refractivity contribution in [1.82, 2.24) is 10.2 Å². The van der Waals surface area contributed by atoms with Gasteiger partial charge in [-0.15, -0.1) is 0 Å². The highest BCUT2D eigenvalue weighted by molar-refractivity contribution is 6.69. The number of nitro groups is 2. The van der Waals surface area contributed by atoms with E-state index in [1.54, 1.807) is 52.0 Å². The highest BCUT2D eigenvalue weighted by Gasteiger charge is 2.48. The van der Waals surface area contributed by atoms with Gasteiger partial charge in [-0.1, -0.05) is 24.3 Å². The lowest BCUT2D eigenvalue weighted by Gasteiger charge is -2.26. The summed E-state index contributed by atoms with van der Waals surface area (Å²) in [6.07, 6.45) is 10.8. The Balaban J connectivity index is 0.000000199. The fourth-order valence-corrected chi connectivity index (χ4v) is 7.87. The zero-order valence-electron chi connectivity index (χ0n) is 34.6. The molecule has 0 atom stereocenters. The molecule has 0 bridgehead atoms. The standard InChI is InChI=1S/C18H25N3O3.C15H21N3O3.C8H18O2Si/c1-18(2,22)12-19-16-6-3-14(11-17(16)21(23)24)13-7-9-20(10-8-13)15-4-5-15;1-15(2,19)10-17-13-4-3-12(9-14(13)18(20)21)11-5-7-16-8-6-11;1-5-9-8(6-7-8)10-11(2,3)4/h3,6-7,11,15,19,22H,4-5,8-10,12H2,1-2H3;3-5,9,16-17,19H,6-8,10H2,1-2H3;5-7H2,1-4H3. The Bertz CT molecular complexity index is 1720. The number of nitrogens with one attached hydrogen (secondary N) is 3. The summed E-state index contributed by atoms with van der Waals surface area (Å²) < 4.78 is 11.4. The van der Waals surface area contributed by atoms with Crippen molar-refractivity contribution in [3.63, 3.8) is 0 Å². The molecule has 15 heteroatoms. The Morgan fingerprint density at radius 3 is 1.75 bits per heavy atom. The Hall–Kier alpha value is -3.70. The minimum Gasteiger partial charge on any atom is -0.391 e. The summed E-state index contributed by atoms with van der Waals surface area (Å²) in [5.74, 6) is -0.154. The van der Waals surface area contributed by atoms with Crippen molar-refractivity contribution in [2.45, 2.75) is 116 Å². The monoisotopic (exact) mass is 796 g/mol. The van der Waals surface area contributed by atoms with E-state index in [4.69, 9.17) is 9.16 Å². The van der Waals surface area contributed by atoms with E-state index >= 15 is 0 Å². The molecule has 2 aromatic carbocycles. The van der Waals surface area contributed by atoms with Crippen molar-refractivity contribution in [3.8, 4) is 0 Å². The summed E-state index contributed by atoms with van der Waals surface area (Å²) in [6.45, 7) is 20.2. The fraction of sp³-hybridized carbons (Fsp3) is 0.610. The van der Waals surface area contributed by atoms with E-state index in [1.165, 1.54) is 18.4 Å². The number of rotatable bonds is 15. The molecule has 310 valence electrons. The van der Waals surface area contributed by atoms with E-state index in [2.05, 4.69) is 52.6 Å². The van der Waals surface area contributed by atoms with Gasteiger partial charge < -0.3 is 35.3 Å². The van der Waals surface area contributed by atoms with Crippen LogP contribution >= 0.6 is 0 Å². The molecular weight excluding hydrogens is 733 g/mol. The van der Waals surface area contributed by atoms with Gasteiger partial charge >= 0.3 is 0 Å². The summed E-state index contributed by atoms with van der Waals surface area (Å²) in [5.41, 5.74) is 3.24. The molecule has 0 amide bonds. The van der Waals surface area contributed by atoms with Gasteiger partial charge in [0.1, 0.15) is 11.4 Å². The predicted octanol–water partition coefficient (Wildman–Crippen LogP) is 7.55. The largest absolute Gasteiger partial charge is 0.391 e. The summed E-state index contributed by atoms with van der Waals surface area (Å²) in [5, 5.41) is 51.3. The molecule has 2 aliphatic carbocycles. The molecule has 2 saturated carbocycles. The van der Waals surface area contributed by atoms with Crippen LogP contribution in [0.1, 0.15) is 84.3 Å². The van der Waals surface area contributed by atoms with Crippen LogP contribution in [0.25, 0.3) is 11.1 Å². The van der Waals surface area contributed by atoms with Crippen molar-refractivity contribution in [3.05, 3.63) is 79.9 Å². The van der Waals surface area contributed by atoms with Crippen molar-refractivity contribution < 1.29 is 29.2 Å². The van der Waals surface area contributed by atoms with Crippen LogP contribution in [-0.2, 0) is 9.16 Å². The number of ether oxygens (including phenoxy) is 1. The second-order valence-electron chi connectivity index (χ2n) is 17.3. The molecule has 4 aliphatic rings. The number of nitro benzene ring substituents is 2. The first-order valence-electron chi connectivity index (χ1n) is 19.8. The van der Waals surface area contributed by atoms with Crippen molar-refractivity contribution in [2.75, 3.05) is 56.5 Å². The maximum absolute atomic E-state index is 11.4. The summed E-state index contributed by atoms with van der Waals surface area (Å²) >= 11 is 0. The number of hydrogen-bond donors (Lipinski definition) is 5. The van der Waals surface area contributed by atoms with Crippen LogP contribution in [0.15, 0.2) is 48.6 Å². The first-order valence-corrected chi connectivity index (χ1v) is 23.3. The average Bonchev–Trinajstić information content (AvgIpc) is 4.07. The first kappa shape index (κ1) is 45.0.